The fraction of sp³-hybridized carbons (Fsp3) is 0.350. The maximum Gasteiger partial charge on any atom is 0.329 e. The molecule has 0 unspecified atom stereocenters. The van der Waals surface area contributed by atoms with Crippen molar-refractivity contribution in [3.8, 4) is 0 Å². The number of urea groups is 1. The molecule has 2 aromatic carbocycles. The van der Waals surface area contributed by atoms with E-state index in [1.54, 1.807) is 9.80 Å². The van der Waals surface area contributed by atoms with Crippen molar-refractivity contribution in [2.45, 2.75) is 32.9 Å². The molecule has 2 saturated heterocycles. The summed E-state index contributed by atoms with van der Waals surface area (Å²) in [6.07, 6.45) is 0. The maximum atomic E-state index is 13.3. The van der Waals surface area contributed by atoms with Gasteiger partial charge in [-0.15, -0.1) is 0 Å². The molecule has 0 N–H and O–H groups in total. The first-order valence-corrected chi connectivity index (χ1v) is 10.6. The number of fused-ring (bicyclic) bond motifs is 1. The minimum absolute atomic E-state index is 0.0125. The Labute approximate surface area is 154 Å². The predicted molar refractivity (Wildman–Crippen MR) is 104 cm³/mol. The Bertz CT molecular complexity index is 980. The van der Waals surface area contributed by atoms with Gasteiger partial charge in [0, 0.05) is 11.4 Å². The molecule has 2 aromatic rings. The third-order valence-electron chi connectivity index (χ3n) is 5.13. The number of amides is 2. The molecule has 6 heteroatoms. The van der Waals surface area contributed by atoms with E-state index in [0.717, 1.165) is 28.1 Å². The molecule has 2 aliphatic heterocycles. The largest absolute Gasteiger partial charge is 0.329 e. The Morgan fingerprint density at radius 1 is 0.808 bits per heavy atom. The second kappa shape index (κ2) is 5.84. The lowest BCUT2D eigenvalue weighted by Gasteiger charge is -2.23. The third kappa shape index (κ3) is 2.78. The lowest BCUT2D eigenvalue weighted by atomic mass is 10.1. The van der Waals surface area contributed by atoms with E-state index in [0.29, 0.717) is 0 Å². The molecule has 2 atom stereocenters. The Hall–Kier alpha value is -2.34. The summed E-state index contributed by atoms with van der Waals surface area (Å²) < 4.78 is 24.7. The minimum Gasteiger partial charge on any atom is -0.288 e. The number of rotatable bonds is 2. The highest BCUT2D eigenvalue weighted by atomic mass is 32.2. The lowest BCUT2D eigenvalue weighted by molar-refractivity contribution is 0.255. The van der Waals surface area contributed by atoms with Crippen molar-refractivity contribution >= 4 is 27.2 Å². The summed E-state index contributed by atoms with van der Waals surface area (Å²) in [5.41, 5.74) is 4.68. The predicted octanol–water partition coefficient (Wildman–Crippen LogP) is 3.22. The first kappa shape index (κ1) is 17.1. The van der Waals surface area contributed by atoms with Gasteiger partial charge in [0.2, 0.25) is 0 Å². The molecule has 0 aromatic heterocycles. The van der Waals surface area contributed by atoms with Gasteiger partial charge in [-0.05, 0) is 61.7 Å². The highest BCUT2D eigenvalue weighted by molar-refractivity contribution is 7.91. The quantitative estimate of drug-likeness (QED) is 0.763. The van der Waals surface area contributed by atoms with Gasteiger partial charge in [0.05, 0.1) is 23.6 Å². The van der Waals surface area contributed by atoms with Crippen molar-refractivity contribution in [1.29, 1.82) is 0 Å². The molecular formula is C20H22N2O3S. The molecule has 2 aliphatic rings. The summed E-state index contributed by atoms with van der Waals surface area (Å²) in [5, 5.41) is 0. The zero-order valence-electron chi connectivity index (χ0n) is 15.1. The molecule has 2 fully saturated rings. The topological polar surface area (TPSA) is 57.7 Å². The SMILES string of the molecule is Cc1cc(C)cc(N2C(=O)N(c3cccc(C)c3)[C@H]3CS(=O)(=O)C[C@H]32)c1. The van der Waals surface area contributed by atoms with Gasteiger partial charge in [0.1, 0.15) is 0 Å². The average molecular weight is 370 g/mol. The maximum absolute atomic E-state index is 13.3. The summed E-state index contributed by atoms with van der Waals surface area (Å²) in [6, 6.07) is 12.8. The summed E-state index contributed by atoms with van der Waals surface area (Å²) in [4.78, 5) is 16.7. The van der Waals surface area contributed by atoms with Crippen molar-refractivity contribution in [2.24, 2.45) is 0 Å². The van der Waals surface area contributed by atoms with E-state index < -0.39 is 9.84 Å². The van der Waals surface area contributed by atoms with Crippen molar-refractivity contribution in [2.75, 3.05) is 21.3 Å². The van der Waals surface area contributed by atoms with Gasteiger partial charge < -0.3 is 0 Å². The van der Waals surface area contributed by atoms with Gasteiger partial charge in [-0.1, -0.05) is 18.2 Å². The molecule has 0 spiro atoms. The summed E-state index contributed by atoms with van der Waals surface area (Å²) in [7, 11) is -3.18. The number of benzene rings is 2. The molecular weight excluding hydrogens is 348 g/mol. The van der Waals surface area contributed by atoms with Crippen molar-refractivity contribution in [1.82, 2.24) is 0 Å². The number of anilines is 2. The highest BCUT2D eigenvalue weighted by Gasteiger charge is 2.54. The Balaban J connectivity index is 1.84. The monoisotopic (exact) mass is 370 g/mol. The van der Waals surface area contributed by atoms with Crippen LogP contribution in [0.5, 0.6) is 0 Å². The summed E-state index contributed by atoms with van der Waals surface area (Å²) in [5.74, 6) is 0.0252. The number of aryl methyl sites for hydroxylation is 3. The van der Waals surface area contributed by atoms with Gasteiger partial charge in [0.15, 0.2) is 9.84 Å². The van der Waals surface area contributed by atoms with Crippen LogP contribution in [0.1, 0.15) is 16.7 Å². The van der Waals surface area contributed by atoms with Gasteiger partial charge in [0.25, 0.3) is 0 Å². The first-order chi connectivity index (χ1) is 12.2. The van der Waals surface area contributed by atoms with Crippen LogP contribution in [-0.2, 0) is 9.84 Å². The Kier molecular flexibility index (Phi) is 3.84. The molecule has 2 amide bonds. The van der Waals surface area contributed by atoms with Crippen molar-refractivity contribution in [3.05, 3.63) is 59.2 Å². The highest BCUT2D eigenvalue weighted by Crippen LogP contribution is 2.38. The van der Waals surface area contributed by atoms with E-state index in [1.807, 2.05) is 63.2 Å². The Morgan fingerprint density at radius 2 is 1.35 bits per heavy atom. The van der Waals surface area contributed by atoms with Crippen LogP contribution in [0.3, 0.4) is 0 Å². The van der Waals surface area contributed by atoms with Crippen LogP contribution < -0.4 is 9.80 Å². The van der Waals surface area contributed by atoms with Crippen LogP contribution in [0.2, 0.25) is 0 Å². The van der Waals surface area contributed by atoms with Gasteiger partial charge in [-0.3, -0.25) is 9.80 Å². The van der Waals surface area contributed by atoms with Gasteiger partial charge in [-0.25, -0.2) is 13.2 Å². The van der Waals surface area contributed by atoms with Crippen LogP contribution in [0.4, 0.5) is 16.2 Å². The fourth-order valence-corrected chi connectivity index (χ4v) is 6.09. The van der Waals surface area contributed by atoms with Crippen LogP contribution in [0.25, 0.3) is 0 Å². The van der Waals surface area contributed by atoms with E-state index in [-0.39, 0.29) is 29.6 Å². The van der Waals surface area contributed by atoms with E-state index in [9.17, 15) is 13.2 Å². The van der Waals surface area contributed by atoms with E-state index in [4.69, 9.17) is 0 Å². The van der Waals surface area contributed by atoms with Gasteiger partial charge >= 0.3 is 6.03 Å². The Morgan fingerprint density at radius 3 is 1.92 bits per heavy atom. The standard InChI is InChI=1S/C20H22N2O3S/c1-13-5-4-6-16(8-13)21-18-11-26(24,25)12-19(18)22(20(21)23)17-9-14(2)7-15(3)10-17/h4-10,18-19H,11-12H2,1-3H3/t18-,19+/m0/s1. The first-order valence-electron chi connectivity index (χ1n) is 8.73. The molecule has 0 aliphatic carbocycles. The summed E-state index contributed by atoms with van der Waals surface area (Å²) >= 11 is 0. The van der Waals surface area contributed by atoms with Crippen molar-refractivity contribution in [3.63, 3.8) is 0 Å². The number of hydrogen-bond acceptors (Lipinski definition) is 3. The number of nitrogens with zero attached hydrogens (tertiary/aromatic N) is 2. The molecule has 26 heavy (non-hydrogen) atoms. The number of carbonyl (C=O) groups excluding carboxylic acids is 1. The molecule has 0 bridgehead atoms. The molecule has 4 rings (SSSR count). The average Bonchev–Trinajstić information content (AvgIpc) is 2.94. The smallest absolute Gasteiger partial charge is 0.288 e. The minimum atomic E-state index is -3.18. The van der Waals surface area contributed by atoms with Gasteiger partial charge in [-0.2, -0.15) is 0 Å². The molecule has 0 radical (unpaired) electrons. The van der Waals surface area contributed by atoms with E-state index in [2.05, 4.69) is 0 Å². The zero-order chi connectivity index (χ0) is 18.6. The third-order valence-corrected chi connectivity index (χ3v) is 6.83. The second-order valence-corrected chi connectivity index (χ2v) is 9.57. The molecule has 2 heterocycles. The van der Waals surface area contributed by atoms with Crippen LogP contribution >= 0.6 is 0 Å². The van der Waals surface area contributed by atoms with Crippen LogP contribution in [0, 0.1) is 20.8 Å². The van der Waals surface area contributed by atoms with Crippen LogP contribution in [0.15, 0.2) is 42.5 Å². The number of carbonyl (C=O) groups is 1. The van der Waals surface area contributed by atoms with E-state index >= 15 is 0 Å². The second-order valence-electron chi connectivity index (χ2n) is 7.42. The molecule has 5 nitrogen and oxygen atoms in total. The fourth-order valence-electron chi connectivity index (χ4n) is 4.17. The van der Waals surface area contributed by atoms with E-state index in [1.165, 1.54) is 0 Å². The summed E-state index contributed by atoms with van der Waals surface area (Å²) in [6.45, 7) is 5.94. The number of hydrogen-bond donors (Lipinski definition) is 0. The zero-order valence-corrected chi connectivity index (χ0v) is 16.0. The van der Waals surface area contributed by atoms with Crippen LogP contribution in [-0.4, -0.2) is 38.0 Å². The van der Waals surface area contributed by atoms with Crippen molar-refractivity contribution < 1.29 is 13.2 Å². The number of sulfone groups is 1. The lowest BCUT2D eigenvalue weighted by Crippen LogP contribution is -2.38. The molecule has 136 valence electrons. The molecule has 0 saturated carbocycles. The normalized spacial score (nSPS) is 24.2.